The van der Waals surface area contributed by atoms with Gasteiger partial charge in [0.2, 0.25) is 0 Å². The maximum atomic E-state index is 8.83. The second kappa shape index (κ2) is 5.19. The van der Waals surface area contributed by atoms with Gasteiger partial charge < -0.3 is 10.5 Å². The molecule has 0 atom stereocenters. The van der Waals surface area contributed by atoms with Crippen molar-refractivity contribution in [3.05, 3.63) is 17.8 Å². The predicted molar refractivity (Wildman–Crippen MR) is 63.1 cm³/mol. The smallest absolute Gasteiger partial charge is 0.164 e. The number of ether oxygens (including phenoxy) is 1. The molecule has 0 unspecified atom stereocenters. The Morgan fingerprint density at radius 2 is 2.19 bits per heavy atom. The molecular formula is C11H13N3OS. The van der Waals surface area contributed by atoms with Crippen molar-refractivity contribution in [2.45, 2.75) is 23.1 Å². The third-order valence-electron chi connectivity index (χ3n) is 2.46. The van der Waals surface area contributed by atoms with Crippen LogP contribution in [-0.4, -0.2) is 23.4 Å². The number of aromatic nitrogens is 1. The molecule has 0 aromatic carbocycles. The van der Waals surface area contributed by atoms with Crippen molar-refractivity contribution < 1.29 is 4.74 Å². The molecule has 0 aliphatic carbocycles. The van der Waals surface area contributed by atoms with Gasteiger partial charge in [-0.05, 0) is 25.0 Å². The molecule has 1 aliphatic heterocycles. The molecule has 84 valence electrons. The van der Waals surface area contributed by atoms with Crippen molar-refractivity contribution in [1.29, 1.82) is 5.26 Å². The summed E-state index contributed by atoms with van der Waals surface area (Å²) in [7, 11) is 0. The summed E-state index contributed by atoms with van der Waals surface area (Å²) in [5.41, 5.74) is 6.38. The molecular weight excluding hydrogens is 222 g/mol. The average molecular weight is 235 g/mol. The lowest BCUT2D eigenvalue weighted by atomic mass is 10.2. The highest BCUT2D eigenvalue weighted by atomic mass is 32.2. The lowest BCUT2D eigenvalue weighted by molar-refractivity contribution is 0.1000. The molecule has 4 nitrogen and oxygen atoms in total. The maximum Gasteiger partial charge on any atom is 0.164 e. The number of hydrogen-bond acceptors (Lipinski definition) is 5. The highest BCUT2D eigenvalue weighted by Gasteiger charge is 2.16. The molecule has 0 radical (unpaired) electrons. The minimum Gasteiger partial charge on any atom is -0.396 e. The van der Waals surface area contributed by atoms with Crippen LogP contribution in [0.5, 0.6) is 0 Å². The molecule has 1 aromatic heterocycles. The first kappa shape index (κ1) is 11.2. The van der Waals surface area contributed by atoms with E-state index in [-0.39, 0.29) is 0 Å². The molecule has 1 aliphatic rings. The number of hydrogen-bond donors (Lipinski definition) is 1. The van der Waals surface area contributed by atoms with Crippen LogP contribution in [0.25, 0.3) is 0 Å². The van der Waals surface area contributed by atoms with Crippen LogP contribution in [0.3, 0.4) is 0 Å². The molecule has 1 saturated heterocycles. The fourth-order valence-corrected chi connectivity index (χ4v) is 2.63. The van der Waals surface area contributed by atoms with Gasteiger partial charge in [0.05, 0.1) is 10.7 Å². The molecule has 0 saturated carbocycles. The van der Waals surface area contributed by atoms with E-state index in [1.54, 1.807) is 17.8 Å². The van der Waals surface area contributed by atoms with Crippen molar-refractivity contribution in [1.82, 2.24) is 4.98 Å². The Kier molecular flexibility index (Phi) is 3.65. The van der Waals surface area contributed by atoms with Gasteiger partial charge in [-0.25, -0.2) is 4.98 Å². The number of pyridine rings is 1. The first-order valence-electron chi connectivity index (χ1n) is 5.20. The van der Waals surface area contributed by atoms with E-state index in [0.29, 0.717) is 16.6 Å². The van der Waals surface area contributed by atoms with Gasteiger partial charge in [-0.2, -0.15) is 5.26 Å². The van der Waals surface area contributed by atoms with Gasteiger partial charge in [-0.3, -0.25) is 0 Å². The number of thioether (sulfide) groups is 1. The molecule has 5 heteroatoms. The highest BCUT2D eigenvalue weighted by Crippen LogP contribution is 2.29. The lowest BCUT2D eigenvalue weighted by Crippen LogP contribution is -2.17. The van der Waals surface area contributed by atoms with Gasteiger partial charge in [-0.1, -0.05) is 0 Å². The number of nitrogens with two attached hydrogens (primary N) is 1. The van der Waals surface area contributed by atoms with Crippen molar-refractivity contribution in [3.8, 4) is 6.07 Å². The molecule has 1 fully saturated rings. The molecule has 0 bridgehead atoms. The van der Waals surface area contributed by atoms with Crippen LogP contribution in [0, 0.1) is 11.3 Å². The van der Waals surface area contributed by atoms with Gasteiger partial charge in [-0.15, -0.1) is 11.8 Å². The Hall–Kier alpha value is -1.25. The zero-order chi connectivity index (χ0) is 11.4. The third kappa shape index (κ3) is 2.65. The van der Waals surface area contributed by atoms with E-state index in [9.17, 15) is 0 Å². The van der Waals surface area contributed by atoms with E-state index >= 15 is 0 Å². The fourth-order valence-electron chi connectivity index (χ4n) is 1.57. The van der Waals surface area contributed by atoms with Crippen LogP contribution >= 0.6 is 11.8 Å². The normalized spacial score (nSPS) is 16.9. The van der Waals surface area contributed by atoms with Crippen molar-refractivity contribution >= 4 is 17.4 Å². The van der Waals surface area contributed by atoms with Gasteiger partial charge in [0.1, 0.15) is 6.07 Å². The predicted octanol–water partition coefficient (Wildman–Crippen LogP) is 1.81. The quantitative estimate of drug-likeness (QED) is 0.846. The van der Waals surface area contributed by atoms with Crippen molar-refractivity contribution in [2.24, 2.45) is 0 Å². The average Bonchev–Trinajstić information content (AvgIpc) is 2.33. The summed E-state index contributed by atoms with van der Waals surface area (Å²) < 4.78 is 5.30. The van der Waals surface area contributed by atoms with Crippen LogP contribution in [0.1, 0.15) is 18.5 Å². The minimum atomic E-state index is 0.317. The number of nitriles is 1. The Bertz CT molecular complexity index is 410. The highest BCUT2D eigenvalue weighted by molar-refractivity contribution is 7.99. The number of rotatable bonds is 2. The zero-order valence-corrected chi connectivity index (χ0v) is 9.67. The fraction of sp³-hybridized carbons (Fsp3) is 0.455. The molecule has 2 heterocycles. The van der Waals surface area contributed by atoms with Crippen LogP contribution in [0.15, 0.2) is 17.2 Å². The zero-order valence-electron chi connectivity index (χ0n) is 8.85. The van der Waals surface area contributed by atoms with Gasteiger partial charge in [0, 0.05) is 18.5 Å². The Balaban J connectivity index is 2.06. The molecule has 16 heavy (non-hydrogen) atoms. The van der Waals surface area contributed by atoms with E-state index in [2.05, 4.69) is 4.98 Å². The summed E-state index contributed by atoms with van der Waals surface area (Å²) in [5, 5.41) is 10.2. The first-order chi connectivity index (χ1) is 7.79. The van der Waals surface area contributed by atoms with Gasteiger partial charge >= 0.3 is 0 Å². The number of nitrogens with zero attached hydrogens (tertiary/aromatic N) is 2. The second-order valence-electron chi connectivity index (χ2n) is 3.63. The van der Waals surface area contributed by atoms with Crippen molar-refractivity contribution in [3.63, 3.8) is 0 Å². The lowest BCUT2D eigenvalue weighted by Gasteiger charge is -2.20. The molecule has 1 aromatic rings. The summed E-state index contributed by atoms with van der Waals surface area (Å²) in [6.45, 7) is 1.63. The summed E-state index contributed by atoms with van der Waals surface area (Å²) >= 11 is 1.70. The monoisotopic (exact) mass is 235 g/mol. The summed E-state index contributed by atoms with van der Waals surface area (Å²) in [5.74, 6) is 0. The van der Waals surface area contributed by atoms with E-state index in [1.807, 2.05) is 12.1 Å². The van der Waals surface area contributed by atoms with E-state index in [0.717, 1.165) is 31.1 Å². The summed E-state index contributed by atoms with van der Waals surface area (Å²) in [6, 6.07) is 5.61. The van der Waals surface area contributed by atoms with Gasteiger partial charge in [0.15, 0.2) is 5.69 Å². The van der Waals surface area contributed by atoms with Crippen LogP contribution < -0.4 is 5.73 Å². The third-order valence-corrected chi connectivity index (χ3v) is 3.74. The van der Waals surface area contributed by atoms with Crippen LogP contribution in [0.4, 0.5) is 5.69 Å². The standard InChI is InChI=1S/C11H13N3OS/c12-7-10-9(13)1-2-11(14-10)16-8-3-5-15-6-4-8/h1-2,8H,3-6,13H2. The Morgan fingerprint density at radius 3 is 2.88 bits per heavy atom. The van der Waals surface area contributed by atoms with Crippen LogP contribution in [0.2, 0.25) is 0 Å². The molecule has 0 amide bonds. The topological polar surface area (TPSA) is 71.9 Å². The largest absolute Gasteiger partial charge is 0.396 e. The van der Waals surface area contributed by atoms with E-state index in [4.69, 9.17) is 15.7 Å². The van der Waals surface area contributed by atoms with Gasteiger partial charge in [0.25, 0.3) is 0 Å². The SMILES string of the molecule is N#Cc1nc(SC2CCOCC2)ccc1N. The summed E-state index contributed by atoms with van der Waals surface area (Å²) in [6.07, 6.45) is 2.08. The first-order valence-corrected chi connectivity index (χ1v) is 6.08. The molecule has 2 N–H and O–H groups in total. The van der Waals surface area contributed by atoms with Crippen LogP contribution in [-0.2, 0) is 4.74 Å². The second-order valence-corrected chi connectivity index (χ2v) is 4.95. The Labute approximate surface area is 98.8 Å². The molecule has 2 rings (SSSR count). The van der Waals surface area contributed by atoms with Crippen molar-refractivity contribution in [2.75, 3.05) is 18.9 Å². The number of anilines is 1. The van der Waals surface area contributed by atoms with E-state index < -0.39 is 0 Å². The minimum absolute atomic E-state index is 0.317. The van der Waals surface area contributed by atoms with E-state index in [1.165, 1.54) is 0 Å². The Morgan fingerprint density at radius 1 is 1.44 bits per heavy atom. The number of nitrogen functional groups attached to an aromatic ring is 1. The summed E-state index contributed by atoms with van der Waals surface area (Å²) in [4.78, 5) is 4.22. The molecule has 0 spiro atoms. The maximum absolute atomic E-state index is 8.83.